The van der Waals surface area contributed by atoms with E-state index in [1.165, 1.54) is 0 Å². The number of hydrogen-bond donors (Lipinski definition) is 4. The molecule has 7 heteroatoms. The van der Waals surface area contributed by atoms with Crippen molar-refractivity contribution in [2.75, 3.05) is 13.2 Å². The van der Waals surface area contributed by atoms with Crippen molar-refractivity contribution in [1.29, 1.82) is 0 Å². The van der Waals surface area contributed by atoms with E-state index in [0.717, 1.165) is 0 Å². The summed E-state index contributed by atoms with van der Waals surface area (Å²) in [4.78, 5) is 25.9. The molecule has 0 aliphatic carbocycles. The number of fused-ring (bicyclic) bond motifs is 1. The number of urea groups is 2. The van der Waals surface area contributed by atoms with E-state index in [4.69, 9.17) is 5.11 Å². The first-order valence-corrected chi connectivity index (χ1v) is 4.75. The van der Waals surface area contributed by atoms with Crippen molar-refractivity contribution in [3.8, 4) is 0 Å². The molecule has 2 atom stereocenters. The van der Waals surface area contributed by atoms with Gasteiger partial charge in [-0.2, -0.15) is 4.99 Å². The van der Waals surface area contributed by atoms with Crippen molar-refractivity contribution in [2.45, 2.75) is 12.5 Å². The molecule has 1 saturated heterocycles. The summed E-state index contributed by atoms with van der Waals surface area (Å²) in [5.74, 6) is 0.313. The minimum absolute atomic E-state index is 0.0112. The molecule has 82 valence electrons. The van der Waals surface area contributed by atoms with Gasteiger partial charge in [0.15, 0.2) is 0 Å². The highest BCUT2D eigenvalue weighted by Crippen LogP contribution is 2.14. The summed E-state index contributed by atoms with van der Waals surface area (Å²) in [6, 6.07) is -0.993. The number of hydrogen-bond acceptors (Lipinski definition) is 3. The smallest absolute Gasteiger partial charge is 0.342 e. The molecule has 2 heterocycles. The van der Waals surface area contributed by atoms with Gasteiger partial charge in [0, 0.05) is 19.2 Å². The average Bonchev–Trinajstić information content (AvgIpc) is 2.17. The molecule has 0 bridgehead atoms. The van der Waals surface area contributed by atoms with Gasteiger partial charge >= 0.3 is 12.1 Å². The highest BCUT2D eigenvalue weighted by Gasteiger charge is 2.36. The van der Waals surface area contributed by atoms with E-state index in [0.29, 0.717) is 18.8 Å². The first-order chi connectivity index (χ1) is 7.20. The van der Waals surface area contributed by atoms with Gasteiger partial charge in [0.1, 0.15) is 5.84 Å². The zero-order valence-corrected chi connectivity index (χ0v) is 7.99. The van der Waals surface area contributed by atoms with E-state index < -0.39 is 6.03 Å². The van der Waals surface area contributed by atoms with Gasteiger partial charge in [-0.15, -0.1) is 0 Å². The molecular formula is C8H12N4O3. The molecular weight excluding hydrogens is 200 g/mol. The van der Waals surface area contributed by atoms with E-state index in [9.17, 15) is 9.59 Å². The number of carbonyl (C=O) groups excluding carboxylic acids is 2. The van der Waals surface area contributed by atoms with Crippen molar-refractivity contribution in [3.63, 3.8) is 0 Å². The van der Waals surface area contributed by atoms with Crippen molar-refractivity contribution < 1.29 is 14.7 Å². The number of carbonyl (C=O) groups is 2. The third-order valence-corrected chi connectivity index (χ3v) is 2.53. The van der Waals surface area contributed by atoms with Crippen molar-refractivity contribution >= 4 is 17.9 Å². The second-order valence-corrected chi connectivity index (χ2v) is 3.51. The molecule has 2 aliphatic rings. The fourth-order valence-corrected chi connectivity index (χ4v) is 1.81. The maximum absolute atomic E-state index is 11.2. The number of nitrogens with one attached hydrogen (secondary N) is 3. The third kappa shape index (κ3) is 1.91. The van der Waals surface area contributed by atoms with E-state index >= 15 is 0 Å². The molecule has 15 heavy (non-hydrogen) atoms. The number of amidine groups is 1. The zero-order chi connectivity index (χ0) is 10.8. The van der Waals surface area contributed by atoms with Crippen molar-refractivity contribution in [3.05, 3.63) is 0 Å². The molecule has 0 saturated carbocycles. The number of nitrogens with zero attached hydrogens (tertiary/aromatic N) is 1. The summed E-state index contributed by atoms with van der Waals surface area (Å²) < 4.78 is 0. The molecule has 0 spiro atoms. The Bertz CT molecular complexity index is 328. The lowest BCUT2D eigenvalue weighted by molar-refractivity contribution is 0.214. The predicted octanol–water partition coefficient (Wildman–Crippen LogP) is -1.21. The Morgan fingerprint density at radius 2 is 2.27 bits per heavy atom. The first kappa shape index (κ1) is 9.91. The first-order valence-electron chi connectivity index (χ1n) is 4.75. The number of aliphatic hydroxyl groups is 1. The van der Waals surface area contributed by atoms with Gasteiger partial charge in [-0.1, -0.05) is 0 Å². The maximum atomic E-state index is 11.2. The van der Waals surface area contributed by atoms with Crippen LogP contribution in [-0.4, -0.2) is 42.2 Å². The SMILES string of the molecule is O=C1N=C2NC(=O)NC(CCO)C2CN1. The Morgan fingerprint density at radius 1 is 1.47 bits per heavy atom. The Kier molecular flexibility index (Phi) is 2.55. The number of rotatable bonds is 2. The van der Waals surface area contributed by atoms with E-state index in [1.807, 2.05) is 0 Å². The van der Waals surface area contributed by atoms with Gasteiger partial charge in [0.05, 0.1) is 5.92 Å². The molecule has 4 amide bonds. The van der Waals surface area contributed by atoms with Crippen molar-refractivity contribution in [2.24, 2.45) is 10.9 Å². The summed E-state index contributed by atoms with van der Waals surface area (Å²) in [6.07, 6.45) is 0.451. The Hall–Kier alpha value is -1.63. The van der Waals surface area contributed by atoms with Crippen LogP contribution in [0.2, 0.25) is 0 Å². The van der Waals surface area contributed by atoms with Gasteiger partial charge in [0.25, 0.3) is 0 Å². The summed E-state index contributed by atoms with van der Waals surface area (Å²) in [5, 5.41) is 16.6. The second kappa shape index (κ2) is 3.85. The Labute approximate surface area is 85.9 Å². The van der Waals surface area contributed by atoms with Crippen LogP contribution in [0.15, 0.2) is 4.99 Å². The quantitative estimate of drug-likeness (QED) is 0.461. The van der Waals surface area contributed by atoms with Crippen LogP contribution >= 0.6 is 0 Å². The van der Waals surface area contributed by atoms with Crippen LogP contribution in [0.4, 0.5) is 9.59 Å². The molecule has 0 aromatic carbocycles. The van der Waals surface area contributed by atoms with Gasteiger partial charge in [-0.05, 0) is 6.42 Å². The lowest BCUT2D eigenvalue weighted by Crippen LogP contribution is -2.62. The average molecular weight is 212 g/mol. The normalized spacial score (nSPS) is 29.5. The summed E-state index contributed by atoms with van der Waals surface area (Å²) in [7, 11) is 0. The van der Waals surface area contributed by atoms with E-state index in [-0.39, 0.29) is 24.6 Å². The van der Waals surface area contributed by atoms with Gasteiger partial charge in [-0.25, -0.2) is 9.59 Å². The minimum Gasteiger partial charge on any atom is -0.396 e. The maximum Gasteiger partial charge on any atom is 0.342 e. The lowest BCUT2D eigenvalue weighted by atomic mass is 9.93. The molecule has 1 fully saturated rings. The standard InChI is InChI=1S/C8H12N4O3/c13-2-1-5-4-3-9-7(14)11-6(4)12-8(15)10-5/h4-5,13H,1-3H2,(H3,9,10,11,12,14,15). The van der Waals surface area contributed by atoms with E-state index in [2.05, 4.69) is 20.9 Å². The monoisotopic (exact) mass is 212 g/mol. The second-order valence-electron chi connectivity index (χ2n) is 3.51. The van der Waals surface area contributed by atoms with Crippen LogP contribution in [0.25, 0.3) is 0 Å². The molecule has 0 aromatic rings. The number of aliphatic imine (C=N–C) groups is 1. The summed E-state index contributed by atoms with van der Waals surface area (Å²) >= 11 is 0. The molecule has 4 N–H and O–H groups in total. The molecule has 2 rings (SSSR count). The van der Waals surface area contributed by atoms with Crippen LogP contribution < -0.4 is 16.0 Å². The fraction of sp³-hybridized carbons (Fsp3) is 0.625. The van der Waals surface area contributed by atoms with Gasteiger partial charge in [0.2, 0.25) is 0 Å². The van der Waals surface area contributed by atoms with E-state index in [1.54, 1.807) is 0 Å². The summed E-state index contributed by atoms with van der Waals surface area (Å²) in [6.45, 7) is 0.415. The fourth-order valence-electron chi connectivity index (χ4n) is 1.81. The molecule has 0 aromatic heterocycles. The number of amides is 4. The van der Waals surface area contributed by atoms with Gasteiger partial charge < -0.3 is 15.7 Å². The summed E-state index contributed by atoms with van der Waals surface area (Å²) in [5.41, 5.74) is 0. The highest BCUT2D eigenvalue weighted by molar-refractivity contribution is 6.07. The largest absolute Gasteiger partial charge is 0.396 e. The van der Waals surface area contributed by atoms with Crippen LogP contribution in [0.5, 0.6) is 0 Å². The Balaban J connectivity index is 2.19. The highest BCUT2D eigenvalue weighted by atomic mass is 16.3. The predicted molar refractivity (Wildman–Crippen MR) is 51.5 cm³/mol. The molecule has 0 radical (unpaired) electrons. The van der Waals surface area contributed by atoms with Crippen LogP contribution in [-0.2, 0) is 0 Å². The third-order valence-electron chi connectivity index (χ3n) is 2.53. The van der Waals surface area contributed by atoms with Crippen molar-refractivity contribution in [1.82, 2.24) is 16.0 Å². The molecule has 2 aliphatic heterocycles. The van der Waals surface area contributed by atoms with Crippen LogP contribution in [0, 0.1) is 5.92 Å². The van der Waals surface area contributed by atoms with Gasteiger partial charge in [-0.3, -0.25) is 5.32 Å². The minimum atomic E-state index is -0.439. The zero-order valence-electron chi connectivity index (χ0n) is 7.99. The molecule has 2 unspecified atom stereocenters. The van der Waals surface area contributed by atoms with Crippen LogP contribution in [0.1, 0.15) is 6.42 Å². The van der Waals surface area contributed by atoms with Crippen LogP contribution in [0.3, 0.4) is 0 Å². The molecule has 7 nitrogen and oxygen atoms in total. The lowest BCUT2D eigenvalue weighted by Gasteiger charge is -2.35. The number of aliphatic hydroxyl groups excluding tert-OH is 1. The Morgan fingerprint density at radius 3 is 3.00 bits per heavy atom. The topological polar surface area (TPSA) is 103 Å².